The summed E-state index contributed by atoms with van der Waals surface area (Å²) in [4.78, 5) is 5.16. The SMILES string of the molecule is Nc1cccc(C2CCN(CC3CN(Cc4ccccc4)CCCO3)CC2)c1. The molecular formula is C24H33N3O. The number of nitrogens with two attached hydrogens (primary N) is 1. The van der Waals surface area contributed by atoms with E-state index in [9.17, 15) is 0 Å². The largest absolute Gasteiger partial charge is 0.399 e. The van der Waals surface area contributed by atoms with Crippen LogP contribution in [0.4, 0.5) is 5.69 Å². The Hall–Kier alpha value is -1.88. The van der Waals surface area contributed by atoms with Gasteiger partial charge in [-0.2, -0.15) is 0 Å². The van der Waals surface area contributed by atoms with Crippen LogP contribution < -0.4 is 5.73 Å². The highest BCUT2D eigenvalue weighted by Crippen LogP contribution is 2.29. The minimum atomic E-state index is 0.315. The standard InChI is InChI=1S/C24H33N3O/c25-23-9-4-8-22(16-23)21-10-13-26(14-11-21)18-24-19-27(12-5-15-28-24)17-20-6-2-1-3-7-20/h1-4,6-9,16,21,24H,5,10-15,17-19,25H2. The van der Waals surface area contributed by atoms with Gasteiger partial charge in [0.2, 0.25) is 0 Å². The minimum absolute atomic E-state index is 0.315. The van der Waals surface area contributed by atoms with Crippen molar-refractivity contribution < 1.29 is 4.74 Å². The Balaban J connectivity index is 1.28. The van der Waals surface area contributed by atoms with Crippen LogP contribution in [0.1, 0.15) is 36.3 Å². The van der Waals surface area contributed by atoms with Gasteiger partial charge in [-0.25, -0.2) is 0 Å². The number of hydrogen-bond donors (Lipinski definition) is 1. The lowest BCUT2D eigenvalue weighted by atomic mass is 9.89. The Bertz CT molecular complexity index is 728. The highest BCUT2D eigenvalue weighted by Gasteiger charge is 2.25. The molecule has 150 valence electrons. The monoisotopic (exact) mass is 379 g/mol. The third kappa shape index (κ3) is 5.34. The van der Waals surface area contributed by atoms with E-state index in [4.69, 9.17) is 10.5 Å². The van der Waals surface area contributed by atoms with E-state index in [0.717, 1.165) is 58.0 Å². The van der Waals surface area contributed by atoms with Crippen molar-refractivity contribution >= 4 is 5.69 Å². The van der Waals surface area contributed by atoms with Gasteiger partial charge in [-0.3, -0.25) is 4.90 Å². The predicted molar refractivity (Wildman–Crippen MR) is 115 cm³/mol. The second-order valence-electron chi connectivity index (χ2n) is 8.31. The van der Waals surface area contributed by atoms with Crippen LogP contribution in [0.5, 0.6) is 0 Å². The van der Waals surface area contributed by atoms with E-state index in [2.05, 4.69) is 58.3 Å². The third-order valence-electron chi connectivity index (χ3n) is 6.11. The summed E-state index contributed by atoms with van der Waals surface area (Å²) < 4.78 is 6.20. The number of rotatable bonds is 5. The summed E-state index contributed by atoms with van der Waals surface area (Å²) in [7, 11) is 0. The molecule has 0 spiro atoms. The topological polar surface area (TPSA) is 41.7 Å². The van der Waals surface area contributed by atoms with Gasteiger partial charge >= 0.3 is 0 Å². The lowest BCUT2D eigenvalue weighted by molar-refractivity contribution is 0.0203. The van der Waals surface area contributed by atoms with Crippen molar-refractivity contribution in [1.29, 1.82) is 0 Å². The first-order chi connectivity index (χ1) is 13.8. The fourth-order valence-corrected chi connectivity index (χ4v) is 4.62. The molecule has 2 saturated heterocycles. The van der Waals surface area contributed by atoms with Gasteiger partial charge in [0.25, 0.3) is 0 Å². The fraction of sp³-hybridized carbons (Fsp3) is 0.500. The Morgan fingerprint density at radius 1 is 0.929 bits per heavy atom. The summed E-state index contributed by atoms with van der Waals surface area (Å²) in [6.07, 6.45) is 3.87. The van der Waals surface area contributed by atoms with E-state index in [-0.39, 0.29) is 0 Å². The van der Waals surface area contributed by atoms with E-state index in [1.807, 2.05) is 6.07 Å². The number of anilines is 1. The van der Waals surface area contributed by atoms with Crippen molar-refractivity contribution in [1.82, 2.24) is 9.80 Å². The number of nitrogens with zero attached hydrogens (tertiary/aromatic N) is 2. The van der Waals surface area contributed by atoms with E-state index >= 15 is 0 Å². The summed E-state index contributed by atoms with van der Waals surface area (Å²) in [5, 5.41) is 0. The predicted octanol–water partition coefficient (Wildman–Crippen LogP) is 3.74. The zero-order valence-electron chi connectivity index (χ0n) is 16.8. The van der Waals surface area contributed by atoms with Crippen LogP contribution in [0.25, 0.3) is 0 Å². The number of hydrogen-bond acceptors (Lipinski definition) is 4. The number of ether oxygens (including phenoxy) is 1. The van der Waals surface area contributed by atoms with Crippen LogP contribution in [-0.2, 0) is 11.3 Å². The quantitative estimate of drug-likeness (QED) is 0.804. The molecule has 0 amide bonds. The first-order valence-electron chi connectivity index (χ1n) is 10.7. The molecule has 0 bridgehead atoms. The van der Waals surface area contributed by atoms with Gasteiger partial charge in [-0.05, 0) is 61.5 Å². The van der Waals surface area contributed by atoms with E-state index in [1.165, 1.54) is 24.0 Å². The molecule has 2 aromatic carbocycles. The molecule has 0 aromatic heterocycles. The molecule has 2 fully saturated rings. The molecule has 4 heteroatoms. The smallest absolute Gasteiger partial charge is 0.0828 e. The van der Waals surface area contributed by atoms with Crippen LogP contribution in [0.15, 0.2) is 54.6 Å². The summed E-state index contributed by atoms with van der Waals surface area (Å²) in [6, 6.07) is 19.2. The lowest BCUT2D eigenvalue weighted by Crippen LogP contribution is -2.43. The molecular weight excluding hydrogens is 346 g/mol. The molecule has 2 aromatic rings. The van der Waals surface area contributed by atoms with Crippen molar-refractivity contribution in [2.24, 2.45) is 0 Å². The molecule has 0 saturated carbocycles. The van der Waals surface area contributed by atoms with Gasteiger partial charge < -0.3 is 15.4 Å². The Kier molecular flexibility index (Phi) is 6.63. The fourth-order valence-electron chi connectivity index (χ4n) is 4.62. The maximum absolute atomic E-state index is 6.20. The molecule has 0 aliphatic carbocycles. The molecule has 4 rings (SSSR count). The normalized spacial score (nSPS) is 22.8. The molecule has 1 unspecified atom stereocenters. The van der Waals surface area contributed by atoms with Crippen molar-refractivity contribution in [2.75, 3.05) is 45.1 Å². The van der Waals surface area contributed by atoms with Crippen LogP contribution >= 0.6 is 0 Å². The van der Waals surface area contributed by atoms with Gasteiger partial charge in [0.05, 0.1) is 6.10 Å². The first-order valence-corrected chi connectivity index (χ1v) is 10.7. The van der Waals surface area contributed by atoms with Gasteiger partial charge in [0.1, 0.15) is 0 Å². The van der Waals surface area contributed by atoms with Crippen molar-refractivity contribution in [3.05, 3.63) is 65.7 Å². The number of benzene rings is 2. The molecule has 28 heavy (non-hydrogen) atoms. The molecule has 4 nitrogen and oxygen atoms in total. The number of likely N-dealkylation sites (tertiary alicyclic amines) is 1. The van der Waals surface area contributed by atoms with Crippen molar-refractivity contribution in [2.45, 2.75) is 37.8 Å². The van der Waals surface area contributed by atoms with Crippen LogP contribution in [0.2, 0.25) is 0 Å². The Morgan fingerprint density at radius 2 is 1.75 bits per heavy atom. The van der Waals surface area contributed by atoms with Crippen molar-refractivity contribution in [3.8, 4) is 0 Å². The zero-order chi connectivity index (χ0) is 19.2. The van der Waals surface area contributed by atoms with E-state index in [1.54, 1.807) is 0 Å². The molecule has 2 heterocycles. The Labute approximate surface area is 169 Å². The number of nitrogen functional groups attached to an aromatic ring is 1. The van der Waals surface area contributed by atoms with Gasteiger partial charge in [0, 0.05) is 38.5 Å². The van der Waals surface area contributed by atoms with Gasteiger partial charge in [-0.1, -0.05) is 42.5 Å². The van der Waals surface area contributed by atoms with Crippen molar-refractivity contribution in [3.63, 3.8) is 0 Å². The van der Waals surface area contributed by atoms with Crippen LogP contribution in [0, 0.1) is 0 Å². The molecule has 0 radical (unpaired) electrons. The highest BCUT2D eigenvalue weighted by atomic mass is 16.5. The molecule has 2 aliphatic rings. The second-order valence-corrected chi connectivity index (χ2v) is 8.31. The second kappa shape index (κ2) is 9.55. The maximum atomic E-state index is 6.20. The molecule has 2 N–H and O–H groups in total. The first kappa shape index (κ1) is 19.4. The average Bonchev–Trinajstić information content (AvgIpc) is 2.94. The summed E-state index contributed by atoms with van der Waals surface area (Å²) in [5.41, 5.74) is 9.64. The Morgan fingerprint density at radius 3 is 2.54 bits per heavy atom. The van der Waals surface area contributed by atoms with Crippen LogP contribution in [0.3, 0.4) is 0 Å². The maximum Gasteiger partial charge on any atom is 0.0828 e. The van der Waals surface area contributed by atoms with E-state index in [0.29, 0.717) is 12.0 Å². The zero-order valence-corrected chi connectivity index (χ0v) is 16.8. The van der Waals surface area contributed by atoms with Gasteiger partial charge in [0.15, 0.2) is 0 Å². The summed E-state index contributed by atoms with van der Waals surface area (Å²) in [6.45, 7) is 7.42. The lowest BCUT2D eigenvalue weighted by Gasteiger charge is -2.35. The third-order valence-corrected chi connectivity index (χ3v) is 6.11. The molecule has 1 atom stereocenters. The minimum Gasteiger partial charge on any atom is -0.399 e. The van der Waals surface area contributed by atoms with E-state index < -0.39 is 0 Å². The van der Waals surface area contributed by atoms with Crippen LogP contribution in [-0.4, -0.2) is 55.2 Å². The molecule has 2 aliphatic heterocycles. The number of piperidine rings is 1. The summed E-state index contributed by atoms with van der Waals surface area (Å²) in [5.74, 6) is 0.643. The highest BCUT2D eigenvalue weighted by molar-refractivity contribution is 5.41. The average molecular weight is 380 g/mol. The summed E-state index contributed by atoms with van der Waals surface area (Å²) >= 11 is 0. The van der Waals surface area contributed by atoms with Gasteiger partial charge in [-0.15, -0.1) is 0 Å².